The monoisotopic (exact) mass is 375 g/mol. The lowest BCUT2D eigenvalue weighted by Crippen LogP contribution is -2.22. The Morgan fingerprint density at radius 3 is 3.05 bits per heavy atom. The van der Waals surface area contributed by atoms with E-state index < -0.39 is 0 Å². The molecule has 102 valence electrons. The highest BCUT2D eigenvalue weighted by Gasteiger charge is 2.26. The Morgan fingerprint density at radius 2 is 2.37 bits per heavy atom. The summed E-state index contributed by atoms with van der Waals surface area (Å²) < 4.78 is 21.9. The van der Waals surface area contributed by atoms with Gasteiger partial charge < -0.3 is 15.0 Å². The average molecular weight is 375 g/mol. The van der Waals surface area contributed by atoms with E-state index in [4.69, 9.17) is 10.5 Å². The molecule has 2 atom stereocenters. The van der Waals surface area contributed by atoms with E-state index in [0.29, 0.717) is 9.52 Å². The highest BCUT2D eigenvalue weighted by molar-refractivity contribution is 14.1. The number of nitrogens with two attached hydrogens (primary N) is 1. The van der Waals surface area contributed by atoms with Gasteiger partial charge in [0.25, 0.3) is 0 Å². The summed E-state index contributed by atoms with van der Waals surface area (Å²) in [5.41, 5.74) is 7.46. The molecular formula is C13H15FIN3O. The smallest absolute Gasteiger partial charge is 0.201 e. The molecule has 2 N–H and O–H groups in total. The molecule has 0 bridgehead atoms. The Morgan fingerprint density at radius 1 is 1.58 bits per heavy atom. The predicted molar refractivity (Wildman–Crippen MR) is 80.5 cm³/mol. The summed E-state index contributed by atoms with van der Waals surface area (Å²) in [6, 6.07) is 3.29. The highest BCUT2D eigenvalue weighted by atomic mass is 127. The number of fused-ring (bicyclic) bond motifs is 1. The molecule has 0 spiro atoms. The van der Waals surface area contributed by atoms with E-state index >= 15 is 0 Å². The van der Waals surface area contributed by atoms with Crippen LogP contribution >= 0.6 is 22.6 Å². The maximum atomic E-state index is 13.8. The van der Waals surface area contributed by atoms with E-state index in [9.17, 15) is 4.39 Å². The van der Waals surface area contributed by atoms with Crippen molar-refractivity contribution < 1.29 is 9.13 Å². The molecule has 0 radical (unpaired) electrons. The largest absolute Gasteiger partial charge is 0.376 e. The molecule has 2 aromatic rings. The average Bonchev–Trinajstić information content (AvgIpc) is 2.97. The predicted octanol–water partition coefficient (Wildman–Crippen LogP) is 3.10. The van der Waals surface area contributed by atoms with Crippen molar-refractivity contribution >= 4 is 39.6 Å². The molecule has 1 aromatic heterocycles. The minimum atomic E-state index is -0.242. The summed E-state index contributed by atoms with van der Waals surface area (Å²) in [4.78, 5) is 4.32. The Hall–Kier alpha value is -0.890. The Labute approximate surface area is 124 Å². The number of ether oxygens (including phenoxy) is 1. The van der Waals surface area contributed by atoms with Crippen molar-refractivity contribution in [2.45, 2.75) is 31.9 Å². The van der Waals surface area contributed by atoms with Crippen LogP contribution in [0.2, 0.25) is 0 Å². The molecule has 1 aromatic carbocycles. The van der Waals surface area contributed by atoms with Crippen LogP contribution in [-0.2, 0) is 4.74 Å². The third-order valence-corrected chi connectivity index (χ3v) is 4.50. The summed E-state index contributed by atoms with van der Waals surface area (Å²) in [6.45, 7) is 2.83. The summed E-state index contributed by atoms with van der Waals surface area (Å²) in [6.07, 6.45) is 2.20. The van der Waals surface area contributed by atoms with Crippen molar-refractivity contribution in [2.75, 3.05) is 12.3 Å². The van der Waals surface area contributed by atoms with Crippen LogP contribution in [0, 0.1) is 9.39 Å². The first kappa shape index (κ1) is 13.1. The summed E-state index contributed by atoms with van der Waals surface area (Å²) in [5.74, 6) is 0.174. The third-order valence-electron chi connectivity index (χ3n) is 3.67. The molecule has 6 heteroatoms. The van der Waals surface area contributed by atoms with Crippen LogP contribution in [0.15, 0.2) is 12.1 Å². The second-order valence-electron chi connectivity index (χ2n) is 4.89. The summed E-state index contributed by atoms with van der Waals surface area (Å²) in [7, 11) is 0. The summed E-state index contributed by atoms with van der Waals surface area (Å²) >= 11 is 1.96. The van der Waals surface area contributed by atoms with E-state index in [-0.39, 0.29) is 18.0 Å². The van der Waals surface area contributed by atoms with Crippen LogP contribution in [0.3, 0.4) is 0 Å². The molecule has 1 aliphatic rings. The van der Waals surface area contributed by atoms with Gasteiger partial charge >= 0.3 is 0 Å². The molecule has 0 saturated carbocycles. The number of halogens is 2. The zero-order chi connectivity index (χ0) is 13.6. The van der Waals surface area contributed by atoms with Gasteiger partial charge in [-0.1, -0.05) is 0 Å². The Kier molecular flexibility index (Phi) is 3.38. The van der Waals surface area contributed by atoms with Gasteiger partial charge in [0.1, 0.15) is 5.82 Å². The van der Waals surface area contributed by atoms with Gasteiger partial charge in [-0.2, -0.15) is 0 Å². The van der Waals surface area contributed by atoms with Crippen LogP contribution in [0.4, 0.5) is 10.3 Å². The molecule has 1 saturated heterocycles. The van der Waals surface area contributed by atoms with Crippen molar-refractivity contribution in [3.8, 4) is 0 Å². The molecule has 2 heterocycles. The van der Waals surface area contributed by atoms with Crippen molar-refractivity contribution in [1.82, 2.24) is 9.55 Å². The van der Waals surface area contributed by atoms with Gasteiger partial charge in [-0.25, -0.2) is 9.37 Å². The zero-order valence-electron chi connectivity index (χ0n) is 10.6. The van der Waals surface area contributed by atoms with Crippen molar-refractivity contribution in [1.29, 1.82) is 0 Å². The number of imidazole rings is 1. The zero-order valence-corrected chi connectivity index (χ0v) is 12.7. The summed E-state index contributed by atoms with van der Waals surface area (Å²) in [5, 5.41) is 0. The third kappa shape index (κ3) is 2.20. The minimum Gasteiger partial charge on any atom is -0.376 e. The fourth-order valence-electron chi connectivity index (χ4n) is 2.69. The molecule has 4 nitrogen and oxygen atoms in total. The number of rotatable bonds is 2. The van der Waals surface area contributed by atoms with Crippen LogP contribution in [0.1, 0.15) is 25.8 Å². The van der Waals surface area contributed by atoms with E-state index in [2.05, 4.69) is 4.98 Å². The normalized spacial score (nSPS) is 21.1. The first-order chi connectivity index (χ1) is 9.08. The fourth-order valence-corrected chi connectivity index (χ4v) is 3.14. The van der Waals surface area contributed by atoms with E-state index in [1.807, 2.05) is 34.1 Å². The highest BCUT2D eigenvalue weighted by Crippen LogP contribution is 2.31. The lowest BCUT2D eigenvalue weighted by Gasteiger charge is -2.21. The van der Waals surface area contributed by atoms with Gasteiger partial charge in [-0.15, -0.1) is 0 Å². The van der Waals surface area contributed by atoms with Crippen molar-refractivity contribution in [3.63, 3.8) is 0 Å². The Bertz CT molecular complexity index is 622. The fraction of sp³-hybridized carbons (Fsp3) is 0.462. The maximum Gasteiger partial charge on any atom is 0.201 e. The number of anilines is 1. The molecule has 1 fully saturated rings. The molecule has 0 aliphatic carbocycles. The van der Waals surface area contributed by atoms with Crippen molar-refractivity contribution in [3.05, 3.63) is 21.5 Å². The molecule has 3 rings (SSSR count). The van der Waals surface area contributed by atoms with Crippen LogP contribution in [-0.4, -0.2) is 22.3 Å². The molecule has 1 aliphatic heterocycles. The van der Waals surface area contributed by atoms with Gasteiger partial charge in [0.05, 0.1) is 26.7 Å². The van der Waals surface area contributed by atoms with E-state index in [0.717, 1.165) is 30.5 Å². The number of nitrogens with zero attached hydrogens (tertiary/aromatic N) is 2. The van der Waals surface area contributed by atoms with Crippen LogP contribution < -0.4 is 5.73 Å². The second-order valence-corrected chi connectivity index (χ2v) is 6.05. The number of hydrogen-bond acceptors (Lipinski definition) is 3. The molecular weight excluding hydrogens is 360 g/mol. The van der Waals surface area contributed by atoms with Crippen LogP contribution in [0.5, 0.6) is 0 Å². The lowest BCUT2D eigenvalue weighted by atomic mass is 10.1. The van der Waals surface area contributed by atoms with Gasteiger partial charge in [0.2, 0.25) is 5.95 Å². The molecule has 2 unspecified atom stereocenters. The maximum absolute atomic E-state index is 13.8. The first-order valence-corrected chi connectivity index (χ1v) is 7.40. The van der Waals surface area contributed by atoms with Crippen LogP contribution in [0.25, 0.3) is 11.0 Å². The molecule has 19 heavy (non-hydrogen) atoms. The standard InChI is InChI=1S/C13H15FIN3O/c1-7(12-3-2-4-19-12)18-11-5-8(14)9(15)6-10(11)17-13(18)16/h5-7,12H,2-4H2,1H3,(H2,16,17). The van der Waals surface area contributed by atoms with Gasteiger partial charge in [-0.05, 0) is 48.4 Å². The minimum absolute atomic E-state index is 0.0620. The Balaban J connectivity index is 2.11. The lowest BCUT2D eigenvalue weighted by molar-refractivity contribution is 0.0751. The van der Waals surface area contributed by atoms with E-state index in [1.165, 1.54) is 6.07 Å². The van der Waals surface area contributed by atoms with Gasteiger partial charge in [0, 0.05) is 12.7 Å². The number of benzene rings is 1. The van der Waals surface area contributed by atoms with Crippen molar-refractivity contribution in [2.24, 2.45) is 0 Å². The topological polar surface area (TPSA) is 53.1 Å². The van der Waals surface area contributed by atoms with E-state index in [1.54, 1.807) is 6.07 Å². The first-order valence-electron chi connectivity index (χ1n) is 6.32. The van der Waals surface area contributed by atoms with Gasteiger partial charge in [-0.3, -0.25) is 0 Å². The van der Waals surface area contributed by atoms with Gasteiger partial charge in [0.15, 0.2) is 0 Å². The second kappa shape index (κ2) is 4.90. The number of aromatic nitrogens is 2. The SMILES string of the molecule is CC(C1CCCO1)n1c(N)nc2cc(I)c(F)cc21. The number of hydrogen-bond donors (Lipinski definition) is 1. The molecule has 0 amide bonds. The quantitative estimate of drug-likeness (QED) is 0.821. The number of nitrogen functional groups attached to an aromatic ring is 1.